The average molecular weight is 424 g/mol. The van der Waals surface area contributed by atoms with Gasteiger partial charge in [0.05, 0.1) is 27.4 Å². The van der Waals surface area contributed by atoms with Gasteiger partial charge in [-0.1, -0.05) is 18.2 Å². The molecule has 0 bridgehead atoms. The molecule has 0 spiro atoms. The first-order chi connectivity index (χ1) is 13.8. The van der Waals surface area contributed by atoms with Crippen LogP contribution in [0.15, 0.2) is 47.5 Å². The van der Waals surface area contributed by atoms with Gasteiger partial charge in [-0.05, 0) is 42.6 Å². The first-order valence-corrected chi connectivity index (χ1v) is 9.49. The average Bonchev–Trinajstić information content (AvgIpc) is 3.22. The Hall–Kier alpha value is -3.56. The first-order valence-electron chi connectivity index (χ1n) is 8.27. The topological polar surface area (TPSA) is 112 Å². The minimum atomic E-state index is -1.28. The largest absolute Gasteiger partial charge is 0.493 e. The molecule has 29 heavy (non-hydrogen) atoms. The molecule has 1 aromatic heterocycles. The van der Waals surface area contributed by atoms with Crippen LogP contribution in [0.2, 0.25) is 0 Å². The molecule has 0 unspecified atom stereocenters. The third kappa shape index (κ3) is 3.37. The zero-order valence-electron chi connectivity index (χ0n) is 14.6. The van der Waals surface area contributed by atoms with Crippen LogP contribution < -0.4 is 0 Å². The summed E-state index contributed by atoms with van der Waals surface area (Å²) >= 11 is 6.46. The lowest BCUT2D eigenvalue weighted by molar-refractivity contribution is 0.0696. The van der Waals surface area contributed by atoms with E-state index >= 15 is 0 Å². The van der Waals surface area contributed by atoms with Gasteiger partial charge in [0.25, 0.3) is 0 Å². The second kappa shape index (κ2) is 7.12. The second-order valence-electron chi connectivity index (χ2n) is 6.15. The molecule has 0 atom stereocenters. The highest BCUT2D eigenvalue weighted by atomic mass is 32.1. The number of rotatable bonds is 4. The molecule has 2 heterocycles. The van der Waals surface area contributed by atoms with Crippen molar-refractivity contribution in [2.45, 2.75) is 0 Å². The number of fused-ring (bicyclic) bond motifs is 1. The number of carboxylic acids is 2. The van der Waals surface area contributed by atoms with E-state index in [0.29, 0.717) is 4.88 Å². The van der Waals surface area contributed by atoms with Crippen LogP contribution in [0.25, 0.3) is 17.3 Å². The number of para-hydroxylation sites is 1. The fraction of sp³-hybridized carbons (Fsp3) is 0. The van der Waals surface area contributed by atoms with E-state index in [1.54, 1.807) is 12.3 Å². The van der Waals surface area contributed by atoms with Crippen molar-refractivity contribution in [1.29, 1.82) is 0 Å². The smallest absolute Gasteiger partial charge is 0.335 e. The maximum absolute atomic E-state index is 11.4. The number of aromatic nitrogens is 1. The van der Waals surface area contributed by atoms with Crippen LogP contribution >= 0.6 is 23.6 Å². The van der Waals surface area contributed by atoms with Crippen molar-refractivity contribution in [3.8, 4) is 11.6 Å². The standard InChI is InChI=1S/C20H12N2O5S2/c23-17-16(8-12-9-21-15-4-2-1-3-14(12)15)29-20(28)22(17)13-6-10(18(24)25)5-11(7-13)19(26)27/h1-9,23H,(H,24,25)(H,26,27)/b12-8+. The van der Waals surface area contributed by atoms with Crippen molar-refractivity contribution >= 4 is 59.0 Å². The van der Waals surface area contributed by atoms with Crippen molar-refractivity contribution in [3.63, 3.8) is 0 Å². The van der Waals surface area contributed by atoms with Crippen LogP contribution in [-0.4, -0.2) is 38.0 Å². The molecule has 4 rings (SSSR count). The number of aromatic carboxylic acids is 2. The number of nitrogens with zero attached hydrogens (tertiary/aromatic N) is 2. The predicted octanol–water partition coefficient (Wildman–Crippen LogP) is 4.63. The van der Waals surface area contributed by atoms with Gasteiger partial charge in [0.15, 0.2) is 3.95 Å². The van der Waals surface area contributed by atoms with Gasteiger partial charge in [0.1, 0.15) is 0 Å². The molecule has 7 nitrogen and oxygen atoms in total. The quantitative estimate of drug-likeness (QED) is 0.527. The van der Waals surface area contributed by atoms with E-state index in [9.17, 15) is 24.9 Å². The number of aliphatic imine (C=N–C) groups is 1. The van der Waals surface area contributed by atoms with E-state index in [4.69, 9.17) is 12.2 Å². The zero-order chi connectivity index (χ0) is 20.7. The molecule has 0 aliphatic carbocycles. The molecule has 2 aromatic carbocycles. The van der Waals surface area contributed by atoms with Crippen molar-refractivity contribution in [1.82, 2.24) is 4.57 Å². The molecular weight excluding hydrogens is 412 g/mol. The fourth-order valence-corrected chi connectivity index (χ4v) is 4.29. The Bertz CT molecular complexity index is 1270. The molecule has 1 aliphatic heterocycles. The van der Waals surface area contributed by atoms with Gasteiger partial charge in [-0.25, -0.2) is 9.59 Å². The molecule has 3 N–H and O–H groups in total. The van der Waals surface area contributed by atoms with Gasteiger partial charge < -0.3 is 15.3 Å². The van der Waals surface area contributed by atoms with Gasteiger partial charge in [-0.3, -0.25) is 9.56 Å². The molecular formula is C20H12N2O5S2. The monoisotopic (exact) mass is 424 g/mol. The minimum absolute atomic E-state index is 0.159. The Balaban J connectivity index is 1.85. The SMILES string of the molecule is O=C(O)c1cc(C(=O)O)cc(-n2c(O)c(/C=C3\C=Nc4ccccc43)sc2=S)c1. The predicted molar refractivity (Wildman–Crippen MR) is 113 cm³/mol. The van der Waals surface area contributed by atoms with E-state index in [1.165, 1.54) is 16.7 Å². The van der Waals surface area contributed by atoms with Crippen molar-refractivity contribution < 1.29 is 24.9 Å². The Labute approximate surface area is 173 Å². The summed E-state index contributed by atoms with van der Waals surface area (Å²) in [4.78, 5) is 27.5. The zero-order valence-corrected chi connectivity index (χ0v) is 16.2. The summed E-state index contributed by atoms with van der Waals surface area (Å²) in [6.45, 7) is 0. The van der Waals surface area contributed by atoms with E-state index in [2.05, 4.69) is 4.99 Å². The summed E-state index contributed by atoms with van der Waals surface area (Å²) in [5.41, 5.74) is 2.25. The summed E-state index contributed by atoms with van der Waals surface area (Å²) in [5.74, 6) is -2.77. The lowest BCUT2D eigenvalue weighted by atomic mass is 10.1. The van der Waals surface area contributed by atoms with Crippen molar-refractivity contribution in [3.05, 3.63) is 68.0 Å². The van der Waals surface area contributed by atoms with Crippen molar-refractivity contribution in [2.24, 2.45) is 4.99 Å². The van der Waals surface area contributed by atoms with Crippen LogP contribution in [0.1, 0.15) is 31.2 Å². The van der Waals surface area contributed by atoms with E-state index in [0.717, 1.165) is 34.2 Å². The number of thiazole rings is 1. The molecule has 3 aromatic rings. The Kier molecular flexibility index (Phi) is 4.61. The highest BCUT2D eigenvalue weighted by Crippen LogP contribution is 2.37. The second-order valence-corrected chi connectivity index (χ2v) is 7.82. The molecule has 0 radical (unpaired) electrons. The number of carbonyl (C=O) groups is 2. The maximum atomic E-state index is 11.4. The summed E-state index contributed by atoms with van der Waals surface area (Å²) in [7, 11) is 0. The molecule has 0 fully saturated rings. The number of allylic oxidation sites excluding steroid dienone is 1. The third-order valence-electron chi connectivity index (χ3n) is 4.33. The normalized spacial score (nSPS) is 13.6. The lowest BCUT2D eigenvalue weighted by Crippen LogP contribution is -2.05. The third-order valence-corrected chi connectivity index (χ3v) is 5.64. The fourth-order valence-electron chi connectivity index (χ4n) is 2.99. The van der Waals surface area contributed by atoms with Crippen LogP contribution in [0.3, 0.4) is 0 Å². The van der Waals surface area contributed by atoms with Crippen LogP contribution in [-0.2, 0) is 0 Å². The molecule has 144 valence electrons. The highest BCUT2D eigenvalue weighted by molar-refractivity contribution is 7.73. The highest BCUT2D eigenvalue weighted by Gasteiger charge is 2.19. The molecule has 9 heteroatoms. The van der Waals surface area contributed by atoms with Gasteiger partial charge >= 0.3 is 11.9 Å². The van der Waals surface area contributed by atoms with Gasteiger partial charge in [-0.2, -0.15) is 0 Å². The number of hydrogen-bond acceptors (Lipinski definition) is 6. The number of hydrogen-bond donors (Lipinski definition) is 3. The Morgan fingerprint density at radius 1 is 1.07 bits per heavy atom. The number of benzene rings is 2. The number of aromatic hydroxyl groups is 1. The van der Waals surface area contributed by atoms with E-state index in [-0.39, 0.29) is 26.6 Å². The summed E-state index contributed by atoms with van der Waals surface area (Å²) in [6.07, 6.45) is 3.42. The molecule has 0 amide bonds. The van der Waals surface area contributed by atoms with Gasteiger partial charge in [0.2, 0.25) is 5.88 Å². The maximum Gasteiger partial charge on any atom is 0.335 e. The summed E-state index contributed by atoms with van der Waals surface area (Å²) < 4.78 is 1.50. The minimum Gasteiger partial charge on any atom is -0.493 e. The van der Waals surface area contributed by atoms with Crippen LogP contribution in [0.4, 0.5) is 5.69 Å². The molecule has 1 aliphatic rings. The molecule has 0 saturated carbocycles. The van der Waals surface area contributed by atoms with Crippen molar-refractivity contribution in [2.75, 3.05) is 0 Å². The van der Waals surface area contributed by atoms with Gasteiger partial charge in [-0.15, -0.1) is 11.3 Å². The van der Waals surface area contributed by atoms with Crippen LogP contribution in [0.5, 0.6) is 5.88 Å². The summed E-state index contributed by atoms with van der Waals surface area (Å²) in [6, 6.07) is 11.1. The number of carboxylic acid groups (broad SMARTS) is 2. The Morgan fingerprint density at radius 3 is 2.38 bits per heavy atom. The molecule has 0 saturated heterocycles. The first kappa shape index (κ1) is 18.8. The Morgan fingerprint density at radius 2 is 1.72 bits per heavy atom. The van der Waals surface area contributed by atoms with E-state index in [1.807, 2.05) is 24.3 Å². The lowest BCUT2D eigenvalue weighted by Gasteiger charge is -2.08. The van der Waals surface area contributed by atoms with E-state index < -0.39 is 11.9 Å². The summed E-state index contributed by atoms with van der Waals surface area (Å²) in [5, 5.41) is 29.3. The van der Waals surface area contributed by atoms with Gasteiger partial charge in [0, 0.05) is 17.4 Å². The van der Waals surface area contributed by atoms with Crippen LogP contribution in [0, 0.1) is 3.95 Å².